The maximum atomic E-state index is 12.8. The molecule has 29 heavy (non-hydrogen) atoms. The number of amides is 3. The Hall–Kier alpha value is -1.81. The van der Waals surface area contributed by atoms with Gasteiger partial charge in [-0.15, -0.1) is 0 Å². The summed E-state index contributed by atoms with van der Waals surface area (Å²) in [6.45, 7) is 10.6. The molecule has 0 saturated carbocycles. The van der Waals surface area contributed by atoms with Crippen molar-refractivity contribution in [2.45, 2.75) is 72.1 Å². The highest BCUT2D eigenvalue weighted by atomic mass is 32.1. The Bertz CT molecular complexity index is 585. The Morgan fingerprint density at radius 3 is 1.52 bits per heavy atom. The summed E-state index contributed by atoms with van der Waals surface area (Å²) in [6, 6.07) is -3.76. The predicted octanol–water partition coefficient (Wildman–Crippen LogP) is 0.141. The summed E-state index contributed by atoms with van der Waals surface area (Å²) in [4.78, 5) is 49.1. The normalized spacial score (nSPS) is 16.5. The van der Waals surface area contributed by atoms with Crippen molar-refractivity contribution in [2.24, 2.45) is 23.5 Å². The molecule has 3 amide bonds. The fourth-order valence-corrected chi connectivity index (χ4v) is 2.75. The van der Waals surface area contributed by atoms with Crippen LogP contribution in [0.1, 0.15) is 48.0 Å². The van der Waals surface area contributed by atoms with E-state index in [0.717, 1.165) is 0 Å². The van der Waals surface area contributed by atoms with E-state index in [0.29, 0.717) is 6.42 Å². The quantitative estimate of drug-likeness (QED) is 0.241. The van der Waals surface area contributed by atoms with Gasteiger partial charge in [0.2, 0.25) is 17.7 Å². The van der Waals surface area contributed by atoms with E-state index in [1.807, 2.05) is 6.92 Å². The molecule has 0 aliphatic carbocycles. The number of thiol groups is 1. The summed E-state index contributed by atoms with van der Waals surface area (Å²) in [5.74, 6) is -3.46. The number of aliphatic carboxylic acids is 1. The number of carbonyl (C=O) groups is 4. The lowest BCUT2D eigenvalue weighted by Crippen LogP contribution is -2.60. The second-order valence-corrected chi connectivity index (χ2v) is 8.32. The number of hydrogen-bond acceptors (Lipinski definition) is 6. The number of carboxylic acids is 1. The first kappa shape index (κ1) is 27.2. The number of hydrogen-bond donors (Lipinski definition) is 6. The van der Waals surface area contributed by atoms with Crippen LogP contribution >= 0.6 is 12.6 Å². The highest BCUT2D eigenvalue weighted by Gasteiger charge is 2.34. The number of rotatable bonds is 12. The van der Waals surface area contributed by atoms with E-state index in [2.05, 4.69) is 28.6 Å². The van der Waals surface area contributed by atoms with Crippen molar-refractivity contribution in [2.75, 3.05) is 5.75 Å². The minimum absolute atomic E-state index is 0.126. The van der Waals surface area contributed by atoms with Crippen LogP contribution in [0.2, 0.25) is 0 Å². The lowest BCUT2D eigenvalue weighted by Gasteiger charge is -2.29. The van der Waals surface area contributed by atoms with Gasteiger partial charge in [-0.05, 0) is 17.8 Å². The number of nitrogens with two attached hydrogens (primary N) is 1. The molecule has 6 N–H and O–H groups in total. The Balaban J connectivity index is 5.37. The first-order chi connectivity index (χ1) is 13.4. The summed E-state index contributed by atoms with van der Waals surface area (Å²) in [7, 11) is 0. The van der Waals surface area contributed by atoms with Gasteiger partial charge in [0.05, 0.1) is 6.04 Å². The molecule has 0 aromatic rings. The van der Waals surface area contributed by atoms with Gasteiger partial charge in [-0.2, -0.15) is 12.6 Å². The monoisotopic (exact) mass is 432 g/mol. The smallest absolute Gasteiger partial charge is 0.326 e. The predicted molar refractivity (Wildman–Crippen MR) is 114 cm³/mol. The maximum absolute atomic E-state index is 12.8. The summed E-state index contributed by atoms with van der Waals surface area (Å²) in [5.41, 5.74) is 5.65. The van der Waals surface area contributed by atoms with Crippen molar-refractivity contribution in [3.05, 3.63) is 0 Å². The van der Waals surface area contributed by atoms with Crippen LogP contribution in [-0.2, 0) is 19.2 Å². The van der Waals surface area contributed by atoms with Gasteiger partial charge in [0.15, 0.2) is 0 Å². The molecule has 0 aliphatic rings. The van der Waals surface area contributed by atoms with E-state index in [1.165, 1.54) is 0 Å². The molecule has 9 nitrogen and oxygen atoms in total. The minimum atomic E-state index is -1.13. The standard InChI is InChI=1S/C19H36N4O5S/c1-7-11(6)15(19(27)28)23-18(26)14(10(4)5)22-17(25)13(9(2)3)21-16(24)12(20)8-29/h9-15,29H,7-8,20H2,1-6H3,(H,21,24)(H,22,25)(H,23,26)(H,27,28). The Morgan fingerprint density at radius 2 is 1.21 bits per heavy atom. The van der Waals surface area contributed by atoms with Crippen molar-refractivity contribution in [1.29, 1.82) is 0 Å². The molecule has 0 bridgehead atoms. The lowest BCUT2D eigenvalue weighted by molar-refractivity contribution is -0.144. The van der Waals surface area contributed by atoms with E-state index in [1.54, 1.807) is 34.6 Å². The largest absolute Gasteiger partial charge is 0.480 e. The number of nitrogens with one attached hydrogen (secondary N) is 3. The highest BCUT2D eigenvalue weighted by molar-refractivity contribution is 7.80. The van der Waals surface area contributed by atoms with Crippen LogP contribution in [0.4, 0.5) is 0 Å². The molecule has 168 valence electrons. The summed E-state index contributed by atoms with van der Waals surface area (Å²) >= 11 is 3.98. The van der Waals surface area contributed by atoms with Crippen LogP contribution in [0.3, 0.4) is 0 Å². The second-order valence-electron chi connectivity index (χ2n) is 7.96. The molecule has 0 aromatic heterocycles. The van der Waals surface area contributed by atoms with Gasteiger partial charge in [0, 0.05) is 5.75 Å². The van der Waals surface area contributed by atoms with E-state index in [4.69, 9.17) is 5.73 Å². The van der Waals surface area contributed by atoms with Gasteiger partial charge in [0.1, 0.15) is 18.1 Å². The second kappa shape index (κ2) is 12.7. The lowest BCUT2D eigenvalue weighted by atomic mass is 9.96. The zero-order valence-corrected chi connectivity index (χ0v) is 19.0. The van der Waals surface area contributed by atoms with Crippen molar-refractivity contribution in [3.8, 4) is 0 Å². The molecule has 0 spiro atoms. The van der Waals surface area contributed by atoms with E-state index in [9.17, 15) is 24.3 Å². The van der Waals surface area contributed by atoms with Crippen molar-refractivity contribution < 1.29 is 24.3 Å². The molecule has 0 radical (unpaired) electrons. The van der Waals surface area contributed by atoms with Gasteiger partial charge in [0.25, 0.3) is 0 Å². The van der Waals surface area contributed by atoms with Crippen LogP contribution in [0, 0.1) is 17.8 Å². The van der Waals surface area contributed by atoms with Gasteiger partial charge < -0.3 is 26.8 Å². The number of carboxylic acid groups (broad SMARTS) is 1. The Labute approximate surface area is 178 Å². The van der Waals surface area contributed by atoms with Crippen LogP contribution < -0.4 is 21.7 Å². The average Bonchev–Trinajstić information content (AvgIpc) is 2.65. The Kier molecular flexibility index (Phi) is 11.9. The zero-order chi connectivity index (χ0) is 22.9. The first-order valence-electron chi connectivity index (χ1n) is 9.87. The topological polar surface area (TPSA) is 151 Å². The van der Waals surface area contributed by atoms with Gasteiger partial charge in [-0.3, -0.25) is 14.4 Å². The van der Waals surface area contributed by atoms with Crippen LogP contribution in [0.25, 0.3) is 0 Å². The molecule has 5 atom stereocenters. The van der Waals surface area contributed by atoms with Crippen molar-refractivity contribution >= 4 is 36.3 Å². The van der Waals surface area contributed by atoms with E-state index in [-0.39, 0.29) is 23.5 Å². The van der Waals surface area contributed by atoms with Crippen LogP contribution in [0.5, 0.6) is 0 Å². The molecule has 0 saturated heterocycles. The van der Waals surface area contributed by atoms with Gasteiger partial charge in [-0.25, -0.2) is 4.79 Å². The van der Waals surface area contributed by atoms with E-state index < -0.39 is 47.9 Å². The third kappa shape index (κ3) is 8.61. The Morgan fingerprint density at radius 1 is 0.828 bits per heavy atom. The highest BCUT2D eigenvalue weighted by Crippen LogP contribution is 2.11. The third-order valence-electron chi connectivity index (χ3n) is 4.80. The third-order valence-corrected chi connectivity index (χ3v) is 5.20. The molecule has 0 fully saturated rings. The molecular weight excluding hydrogens is 396 g/mol. The average molecular weight is 433 g/mol. The fraction of sp³-hybridized carbons (Fsp3) is 0.789. The van der Waals surface area contributed by atoms with Gasteiger partial charge in [-0.1, -0.05) is 48.0 Å². The molecular formula is C19H36N4O5S. The maximum Gasteiger partial charge on any atom is 0.326 e. The fourth-order valence-electron chi connectivity index (χ4n) is 2.58. The SMILES string of the molecule is CCC(C)C(NC(=O)C(NC(=O)C(NC(=O)C(N)CS)C(C)C)C(C)C)C(=O)O. The molecule has 0 aromatic carbocycles. The molecule has 0 rings (SSSR count). The molecule has 5 unspecified atom stereocenters. The zero-order valence-electron chi connectivity index (χ0n) is 18.1. The number of carbonyl (C=O) groups excluding carboxylic acids is 3. The summed E-state index contributed by atoms with van der Waals surface area (Å²) in [5, 5.41) is 17.1. The van der Waals surface area contributed by atoms with Crippen molar-refractivity contribution in [3.63, 3.8) is 0 Å². The minimum Gasteiger partial charge on any atom is -0.480 e. The molecule has 10 heteroatoms. The van der Waals surface area contributed by atoms with Crippen LogP contribution in [-0.4, -0.2) is 58.7 Å². The summed E-state index contributed by atoms with van der Waals surface area (Å²) in [6.07, 6.45) is 0.572. The van der Waals surface area contributed by atoms with E-state index >= 15 is 0 Å². The molecule has 0 aliphatic heterocycles. The first-order valence-corrected chi connectivity index (χ1v) is 10.5. The summed E-state index contributed by atoms with van der Waals surface area (Å²) < 4.78 is 0. The van der Waals surface area contributed by atoms with Crippen molar-refractivity contribution in [1.82, 2.24) is 16.0 Å². The van der Waals surface area contributed by atoms with Crippen LogP contribution in [0.15, 0.2) is 0 Å². The molecule has 0 heterocycles. The van der Waals surface area contributed by atoms with Gasteiger partial charge >= 0.3 is 5.97 Å².